The lowest BCUT2D eigenvalue weighted by molar-refractivity contribution is -0.120. The number of methoxy groups -OCH3 is 1. The van der Waals surface area contributed by atoms with Crippen LogP contribution in [0.1, 0.15) is 12.8 Å². The molecule has 1 fully saturated rings. The Labute approximate surface area is 150 Å². The quantitative estimate of drug-likeness (QED) is 0.786. The molecule has 25 heavy (non-hydrogen) atoms. The molecule has 1 aromatic carbocycles. The highest BCUT2D eigenvalue weighted by Gasteiger charge is 2.32. The van der Waals surface area contributed by atoms with E-state index >= 15 is 0 Å². The maximum absolute atomic E-state index is 12.5. The van der Waals surface area contributed by atoms with Crippen molar-refractivity contribution in [3.63, 3.8) is 0 Å². The molecule has 2 rings (SSSR count). The van der Waals surface area contributed by atoms with E-state index in [-0.39, 0.29) is 30.7 Å². The molecule has 0 spiro atoms. The van der Waals surface area contributed by atoms with Gasteiger partial charge in [-0.05, 0) is 37.1 Å². The van der Waals surface area contributed by atoms with Gasteiger partial charge in [0.25, 0.3) is 0 Å². The first-order valence-corrected chi connectivity index (χ1v) is 9.99. The average Bonchev–Trinajstić information content (AvgIpc) is 2.60. The summed E-state index contributed by atoms with van der Waals surface area (Å²) in [6.45, 7) is 0.856. The van der Waals surface area contributed by atoms with Crippen LogP contribution in [0.15, 0.2) is 24.3 Å². The van der Waals surface area contributed by atoms with Crippen molar-refractivity contribution in [2.24, 2.45) is 5.92 Å². The number of hydrogen-bond donors (Lipinski definition) is 1. The predicted molar refractivity (Wildman–Crippen MR) is 99.4 cm³/mol. The van der Waals surface area contributed by atoms with Crippen molar-refractivity contribution < 1.29 is 17.9 Å². The van der Waals surface area contributed by atoms with Crippen LogP contribution in [-0.4, -0.2) is 65.3 Å². The topological polar surface area (TPSA) is 79.0 Å². The molecule has 1 aliphatic heterocycles. The van der Waals surface area contributed by atoms with Crippen molar-refractivity contribution in [1.29, 1.82) is 0 Å². The van der Waals surface area contributed by atoms with E-state index in [1.807, 2.05) is 43.3 Å². The molecule has 8 heteroatoms. The molecule has 0 bridgehead atoms. The van der Waals surface area contributed by atoms with Gasteiger partial charge < -0.3 is 15.0 Å². The second kappa shape index (κ2) is 8.64. The van der Waals surface area contributed by atoms with Crippen LogP contribution >= 0.6 is 0 Å². The van der Waals surface area contributed by atoms with Crippen molar-refractivity contribution in [3.05, 3.63) is 24.3 Å². The number of piperidine rings is 1. The SMILES string of the molecule is COCCS(=O)(=O)N1CCCC(C(=O)Nc2ccc(N(C)C)cc2)C1. The van der Waals surface area contributed by atoms with E-state index < -0.39 is 10.0 Å². The van der Waals surface area contributed by atoms with Crippen molar-refractivity contribution in [3.8, 4) is 0 Å². The second-order valence-corrected chi connectivity index (χ2v) is 8.53. The highest BCUT2D eigenvalue weighted by Crippen LogP contribution is 2.22. The normalized spacial score (nSPS) is 18.8. The summed E-state index contributed by atoms with van der Waals surface area (Å²) in [6, 6.07) is 7.56. The first-order chi connectivity index (χ1) is 11.8. The maximum Gasteiger partial charge on any atom is 0.228 e. The number of carbonyl (C=O) groups is 1. The Balaban J connectivity index is 1.97. The van der Waals surface area contributed by atoms with Crippen LogP contribution in [0.4, 0.5) is 11.4 Å². The van der Waals surface area contributed by atoms with Crippen LogP contribution in [0, 0.1) is 5.92 Å². The Morgan fingerprint density at radius 3 is 2.60 bits per heavy atom. The molecule has 1 heterocycles. The first-order valence-electron chi connectivity index (χ1n) is 8.38. The summed E-state index contributed by atoms with van der Waals surface area (Å²) in [5.74, 6) is -0.520. The number of anilines is 2. The van der Waals surface area contributed by atoms with E-state index in [1.54, 1.807) is 0 Å². The third-order valence-corrected chi connectivity index (χ3v) is 6.15. The summed E-state index contributed by atoms with van der Waals surface area (Å²) < 4.78 is 30.8. The molecule has 0 aromatic heterocycles. The predicted octanol–water partition coefficient (Wildman–Crippen LogP) is 1.38. The minimum absolute atomic E-state index is 0.0517. The van der Waals surface area contributed by atoms with Crippen LogP contribution in [0.3, 0.4) is 0 Å². The van der Waals surface area contributed by atoms with Gasteiger partial charge in [0.1, 0.15) is 0 Å². The van der Waals surface area contributed by atoms with E-state index in [9.17, 15) is 13.2 Å². The Morgan fingerprint density at radius 2 is 2.00 bits per heavy atom. The van der Waals surface area contributed by atoms with E-state index in [4.69, 9.17) is 4.74 Å². The zero-order valence-corrected chi connectivity index (χ0v) is 15.9. The van der Waals surface area contributed by atoms with Gasteiger partial charge in [0, 0.05) is 45.7 Å². The molecule has 140 valence electrons. The van der Waals surface area contributed by atoms with E-state index in [1.165, 1.54) is 11.4 Å². The van der Waals surface area contributed by atoms with Crippen molar-refractivity contribution in [1.82, 2.24) is 4.31 Å². The summed E-state index contributed by atoms with van der Waals surface area (Å²) in [4.78, 5) is 14.5. The van der Waals surface area contributed by atoms with Gasteiger partial charge in [-0.25, -0.2) is 12.7 Å². The first kappa shape index (κ1) is 19.7. The molecular formula is C17H27N3O4S. The second-order valence-electron chi connectivity index (χ2n) is 6.44. The molecule has 1 aliphatic rings. The molecule has 7 nitrogen and oxygen atoms in total. The summed E-state index contributed by atoms with van der Waals surface area (Å²) >= 11 is 0. The lowest BCUT2D eigenvalue weighted by Gasteiger charge is -2.31. The van der Waals surface area contributed by atoms with Gasteiger partial charge in [0.15, 0.2) is 0 Å². The molecule has 0 saturated carbocycles. The van der Waals surface area contributed by atoms with Gasteiger partial charge in [-0.15, -0.1) is 0 Å². The minimum Gasteiger partial charge on any atom is -0.384 e. The fraction of sp³-hybridized carbons (Fsp3) is 0.588. The number of nitrogens with zero attached hydrogens (tertiary/aromatic N) is 2. The number of ether oxygens (including phenoxy) is 1. The highest BCUT2D eigenvalue weighted by atomic mass is 32.2. The van der Waals surface area contributed by atoms with Gasteiger partial charge in [0.2, 0.25) is 15.9 Å². The summed E-state index contributed by atoms with van der Waals surface area (Å²) in [7, 11) is 2.00. The van der Waals surface area contributed by atoms with E-state index in [0.717, 1.165) is 11.4 Å². The lowest BCUT2D eigenvalue weighted by atomic mass is 9.98. The smallest absolute Gasteiger partial charge is 0.228 e. The van der Waals surface area contributed by atoms with Crippen LogP contribution in [-0.2, 0) is 19.6 Å². The van der Waals surface area contributed by atoms with Gasteiger partial charge >= 0.3 is 0 Å². The third kappa shape index (κ3) is 5.42. The number of hydrogen-bond acceptors (Lipinski definition) is 5. The van der Waals surface area contributed by atoms with Gasteiger partial charge in [0.05, 0.1) is 18.3 Å². The zero-order chi connectivity index (χ0) is 18.4. The van der Waals surface area contributed by atoms with Crippen LogP contribution in [0.25, 0.3) is 0 Å². The number of rotatable bonds is 7. The fourth-order valence-corrected chi connectivity index (χ4v) is 4.26. The number of sulfonamides is 1. The minimum atomic E-state index is -3.38. The maximum atomic E-state index is 12.5. The van der Waals surface area contributed by atoms with Gasteiger partial charge in [-0.2, -0.15) is 0 Å². The number of nitrogens with one attached hydrogen (secondary N) is 1. The van der Waals surface area contributed by atoms with Crippen LogP contribution in [0.5, 0.6) is 0 Å². The Morgan fingerprint density at radius 1 is 1.32 bits per heavy atom. The molecule has 1 atom stereocenters. The van der Waals surface area contributed by atoms with Crippen LogP contribution in [0.2, 0.25) is 0 Å². The Bertz CT molecular complexity index is 674. The lowest BCUT2D eigenvalue weighted by Crippen LogP contribution is -2.45. The molecule has 1 saturated heterocycles. The standard InChI is InChI=1S/C17H27N3O4S/c1-19(2)16-8-6-15(7-9-16)18-17(21)14-5-4-10-20(13-14)25(22,23)12-11-24-3/h6-9,14H,4-5,10-13H2,1-3H3,(H,18,21). The number of amides is 1. The number of benzene rings is 1. The average molecular weight is 369 g/mol. The van der Waals surface area contributed by atoms with Crippen molar-refractivity contribution in [2.75, 3.05) is 56.9 Å². The van der Waals surface area contributed by atoms with Crippen molar-refractivity contribution >= 4 is 27.3 Å². The van der Waals surface area contributed by atoms with Gasteiger partial charge in [-0.1, -0.05) is 0 Å². The molecule has 1 amide bonds. The molecule has 1 N–H and O–H groups in total. The summed E-state index contributed by atoms with van der Waals surface area (Å²) in [5, 5.41) is 2.89. The molecule has 1 unspecified atom stereocenters. The van der Waals surface area contributed by atoms with E-state index in [0.29, 0.717) is 19.4 Å². The number of carbonyl (C=O) groups excluding carboxylic acids is 1. The third-order valence-electron chi connectivity index (χ3n) is 4.34. The Hall–Kier alpha value is -1.64. The summed E-state index contributed by atoms with van der Waals surface area (Å²) in [6.07, 6.45) is 1.38. The molecule has 1 aromatic rings. The van der Waals surface area contributed by atoms with E-state index in [2.05, 4.69) is 5.32 Å². The van der Waals surface area contributed by atoms with Crippen LogP contribution < -0.4 is 10.2 Å². The zero-order valence-electron chi connectivity index (χ0n) is 15.1. The summed E-state index contributed by atoms with van der Waals surface area (Å²) in [5.41, 5.74) is 1.76. The Kier molecular flexibility index (Phi) is 6.80. The highest BCUT2D eigenvalue weighted by molar-refractivity contribution is 7.89. The largest absolute Gasteiger partial charge is 0.384 e. The van der Waals surface area contributed by atoms with Crippen molar-refractivity contribution in [2.45, 2.75) is 12.8 Å². The monoisotopic (exact) mass is 369 g/mol. The molecular weight excluding hydrogens is 342 g/mol. The fourth-order valence-electron chi connectivity index (χ4n) is 2.81. The molecule has 0 aliphatic carbocycles. The van der Waals surface area contributed by atoms with Gasteiger partial charge in [-0.3, -0.25) is 4.79 Å². The molecule has 0 radical (unpaired) electrons.